The number of fused-ring (bicyclic) bond motifs is 2. The molecular formula is C26H19IN4O3S2. The second-order valence-electron chi connectivity index (χ2n) is 7.90. The predicted molar refractivity (Wildman–Crippen MR) is 147 cm³/mol. The quantitative estimate of drug-likeness (QED) is 0.311. The van der Waals surface area contributed by atoms with Crippen LogP contribution in [0.4, 0.5) is 0 Å². The van der Waals surface area contributed by atoms with E-state index in [2.05, 4.69) is 28.7 Å². The van der Waals surface area contributed by atoms with Gasteiger partial charge < -0.3 is 10.5 Å². The van der Waals surface area contributed by atoms with Gasteiger partial charge in [0.25, 0.3) is 5.91 Å². The molecule has 1 unspecified atom stereocenters. The van der Waals surface area contributed by atoms with Crippen molar-refractivity contribution >= 4 is 57.6 Å². The third kappa shape index (κ3) is 4.11. The molecule has 0 radical (unpaired) electrons. The number of allylic oxidation sites excluding steroid dienone is 1. The lowest BCUT2D eigenvalue weighted by Crippen LogP contribution is -2.41. The number of carbonyl (C=O) groups is 2. The minimum absolute atomic E-state index is 0.0194. The zero-order valence-corrected chi connectivity index (χ0v) is 22.8. The highest BCUT2D eigenvalue weighted by Crippen LogP contribution is 2.46. The van der Waals surface area contributed by atoms with E-state index in [-0.39, 0.29) is 29.3 Å². The second-order valence-corrected chi connectivity index (χ2v) is 11.0. The molecule has 7 nitrogen and oxygen atoms in total. The Bertz CT molecular complexity index is 1490. The van der Waals surface area contributed by atoms with Gasteiger partial charge in [-0.2, -0.15) is 5.26 Å². The number of nitriles is 1. The lowest BCUT2D eigenvalue weighted by molar-refractivity contribution is -0.138. The van der Waals surface area contributed by atoms with Gasteiger partial charge in [-0.25, -0.2) is 9.78 Å². The summed E-state index contributed by atoms with van der Waals surface area (Å²) in [6, 6.07) is 17.1. The van der Waals surface area contributed by atoms with Crippen LogP contribution in [0.3, 0.4) is 0 Å². The van der Waals surface area contributed by atoms with Gasteiger partial charge in [-0.15, -0.1) is 11.3 Å². The average Bonchev–Trinajstić information content (AvgIpc) is 3.37. The van der Waals surface area contributed by atoms with E-state index in [4.69, 9.17) is 15.5 Å². The van der Waals surface area contributed by atoms with Crippen LogP contribution in [0.5, 0.6) is 0 Å². The van der Waals surface area contributed by atoms with Crippen LogP contribution in [0, 0.1) is 14.9 Å². The van der Waals surface area contributed by atoms with Crippen molar-refractivity contribution in [2.24, 2.45) is 5.73 Å². The van der Waals surface area contributed by atoms with E-state index >= 15 is 0 Å². The summed E-state index contributed by atoms with van der Waals surface area (Å²) in [6.07, 6.45) is 0. The van der Waals surface area contributed by atoms with E-state index < -0.39 is 17.8 Å². The number of amides is 1. The van der Waals surface area contributed by atoms with Crippen molar-refractivity contribution in [1.82, 2.24) is 9.88 Å². The summed E-state index contributed by atoms with van der Waals surface area (Å²) in [5.74, 6) is -1.48. The molecule has 2 aliphatic heterocycles. The van der Waals surface area contributed by atoms with E-state index in [1.807, 2.05) is 41.8 Å². The van der Waals surface area contributed by atoms with Gasteiger partial charge >= 0.3 is 5.97 Å². The minimum Gasteiger partial charge on any atom is -0.463 e. The van der Waals surface area contributed by atoms with Crippen LogP contribution in [0.25, 0.3) is 10.6 Å². The SMILES string of the molecule is CCOC(=O)C1=C2CSc3nc(-c4cccs4)ccc3C(=O)N2C(N)=C(C#N)C1c1ccccc1I. The number of esters is 1. The van der Waals surface area contributed by atoms with Crippen LogP contribution in [0.1, 0.15) is 28.8 Å². The molecule has 0 saturated carbocycles. The molecule has 180 valence electrons. The molecule has 2 N–H and O–H groups in total. The number of nitrogens with zero attached hydrogens (tertiary/aromatic N) is 3. The van der Waals surface area contributed by atoms with Crippen LogP contribution in [0.15, 0.2) is 81.6 Å². The molecule has 1 atom stereocenters. The van der Waals surface area contributed by atoms with Crippen molar-refractivity contribution in [3.05, 3.63) is 91.3 Å². The topological polar surface area (TPSA) is 109 Å². The molecule has 1 amide bonds. The summed E-state index contributed by atoms with van der Waals surface area (Å²) >= 11 is 5.10. The van der Waals surface area contributed by atoms with Gasteiger partial charge in [-0.1, -0.05) is 36.0 Å². The van der Waals surface area contributed by atoms with Gasteiger partial charge in [0, 0.05) is 15.0 Å². The first-order valence-corrected chi connectivity index (χ1v) is 14.0. The zero-order chi connectivity index (χ0) is 25.4. The van der Waals surface area contributed by atoms with E-state index in [1.54, 1.807) is 30.4 Å². The number of pyridine rings is 1. The van der Waals surface area contributed by atoms with Crippen LogP contribution in [-0.4, -0.2) is 34.1 Å². The number of thioether (sulfide) groups is 1. The minimum atomic E-state index is -0.752. The van der Waals surface area contributed by atoms with Gasteiger partial charge in [0.1, 0.15) is 10.8 Å². The van der Waals surface area contributed by atoms with Crippen molar-refractivity contribution in [3.63, 3.8) is 0 Å². The maximum absolute atomic E-state index is 13.8. The molecule has 5 rings (SSSR count). The largest absolute Gasteiger partial charge is 0.463 e. The van der Waals surface area contributed by atoms with Crippen molar-refractivity contribution in [3.8, 4) is 16.6 Å². The highest BCUT2D eigenvalue weighted by molar-refractivity contribution is 14.1. The maximum Gasteiger partial charge on any atom is 0.336 e. The highest BCUT2D eigenvalue weighted by atomic mass is 127. The Morgan fingerprint density at radius 3 is 2.78 bits per heavy atom. The van der Waals surface area contributed by atoms with Crippen LogP contribution in [-0.2, 0) is 9.53 Å². The molecule has 2 aliphatic rings. The summed E-state index contributed by atoms with van der Waals surface area (Å²) in [6.45, 7) is 1.88. The lowest BCUT2D eigenvalue weighted by Gasteiger charge is -2.35. The van der Waals surface area contributed by atoms with Crippen LogP contribution >= 0.6 is 45.7 Å². The highest BCUT2D eigenvalue weighted by Gasteiger charge is 2.43. The Balaban J connectivity index is 1.72. The summed E-state index contributed by atoms with van der Waals surface area (Å²) in [4.78, 5) is 34.3. The Kier molecular flexibility index (Phi) is 6.87. The van der Waals surface area contributed by atoms with Crippen LogP contribution in [0.2, 0.25) is 0 Å². The molecule has 3 aromatic rings. The summed E-state index contributed by atoms with van der Waals surface area (Å²) in [5.41, 5.74) is 9.22. The molecule has 0 fully saturated rings. The van der Waals surface area contributed by atoms with Gasteiger partial charge in [-0.3, -0.25) is 9.69 Å². The van der Waals surface area contributed by atoms with Gasteiger partial charge in [0.05, 0.1) is 45.9 Å². The third-order valence-electron chi connectivity index (χ3n) is 5.92. The number of halogens is 1. The molecule has 0 bridgehead atoms. The zero-order valence-electron chi connectivity index (χ0n) is 19.0. The number of ether oxygens (including phenoxy) is 1. The first-order chi connectivity index (χ1) is 17.5. The van der Waals surface area contributed by atoms with Crippen molar-refractivity contribution in [2.75, 3.05) is 12.4 Å². The lowest BCUT2D eigenvalue weighted by atomic mass is 9.81. The Morgan fingerprint density at radius 1 is 1.28 bits per heavy atom. The van der Waals surface area contributed by atoms with E-state index in [9.17, 15) is 14.9 Å². The van der Waals surface area contributed by atoms with Gasteiger partial charge in [-0.05, 0) is 64.7 Å². The van der Waals surface area contributed by atoms with E-state index in [1.165, 1.54) is 16.7 Å². The Morgan fingerprint density at radius 2 is 2.08 bits per heavy atom. The van der Waals surface area contributed by atoms with E-state index in [0.29, 0.717) is 16.3 Å². The fourth-order valence-corrected chi connectivity index (χ4v) is 6.76. The maximum atomic E-state index is 13.8. The Labute approximate surface area is 229 Å². The third-order valence-corrected chi connectivity index (χ3v) is 8.80. The number of aromatic nitrogens is 1. The molecular weight excluding hydrogens is 607 g/mol. The number of hydrogen-bond acceptors (Lipinski definition) is 8. The normalized spacial score (nSPS) is 17.3. The summed E-state index contributed by atoms with van der Waals surface area (Å²) in [7, 11) is 0. The van der Waals surface area contributed by atoms with Gasteiger partial charge in [0.2, 0.25) is 0 Å². The predicted octanol–water partition coefficient (Wildman–Crippen LogP) is 5.27. The molecule has 1 aromatic carbocycles. The number of carbonyl (C=O) groups excluding carboxylic acids is 2. The number of hydrogen-bond donors (Lipinski definition) is 1. The molecule has 2 aromatic heterocycles. The first-order valence-electron chi connectivity index (χ1n) is 11.0. The summed E-state index contributed by atoms with van der Waals surface area (Å²) in [5, 5.41) is 12.7. The molecule has 0 spiro atoms. The number of thiophene rings is 1. The first kappa shape index (κ1) is 24.5. The van der Waals surface area contributed by atoms with Crippen LogP contribution < -0.4 is 5.73 Å². The smallest absolute Gasteiger partial charge is 0.336 e. The number of nitrogens with two attached hydrogens (primary N) is 1. The average molecular weight is 627 g/mol. The van der Waals surface area contributed by atoms with Crippen molar-refractivity contribution in [2.45, 2.75) is 17.9 Å². The number of rotatable bonds is 4. The fraction of sp³-hybridized carbons (Fsp3) is 0.154. The molecule has 10 heteroatoms. The molecule has 0 saturated heterocycles. The standard InChI is InChI=1S/C26H19IN4O3S2/c1-2-34-26(33)22-19-13-36-24-15(9-10-18(30-24)20-8-5-11-35-20)25(32)31(19)23(29)16(12-28)21(22)14-6-3-4-7-17(14)27/h3-11,21H,2,13,29H2,1H3. The molecule has 4 heterocycles. The second kappa shape index (κ2) is 10.1. The van der Waals surface area contributed by atoms with Crippen molar-refractivity contribution < 1.29 is 14.3 Å². The fourth-order valence-electron chi connectivity index (χ4n) is 4.34. The molecule has 0 aliphatic carbocycles. The number of benzene rings is 1. The summed E-state index contributed by atoms with van der Waals surface area (Å²) < 4.78 is 6.31. The van der Waals surface area contributed by atoms with Gasteiger partial charge in [0.15, 0.2) is 0 Å². The van der Waals surface area contributed by atoms with Crippen molar-refractivity contribution in [1.29, 1.82) is 5.26 Å². The molecule has 36 heavy (non-hydrogen) atoms. The van der Waals surface area contributed by atoms with E-state index in [0.717, 1.165) is 19.7 Å². The monoisotopic (exact) mass is 626 g/mol. The Hall–Kier alpha value is -3.14.